The smallest absolute Gasteiger partial charge is 0.220 e. The van der Waals surface area contributed by atoms with Gasteiger partial charge in [0.25, 0.3) is 0 Å². The van der Waals surface area contributed by atoms with Crippen molar-refractivity contribution in [1.29, 1.82) is 0 Å². The van der Waals surface area contributed by atoms with Crippen molar-refractivity contribution in [3.63, 3.8) is 0 Å². The molecule has 0 aromatic heterocycles. The van der Waals surface area contributed by atoms with Crippen LogP contribution in [0.4, 0.5) is 0 Å². The Bertz CT molecular complexity index is 594. The largest absolute Gasteiger partial charge is 0.353 e. The summed E-state index contributed by atoms with van der Waals surface area (Å²) in [7, 11) is 0. The molecular weight excluding hydrogens is 424 g/mol. The number of carbonyl (C=O) groups is 2. The van der Waals surface area contributed by atoms with Crippen LogP contribution in [0.25, 0.3) is 0 Å². The first-order valence-corrected chi connectivity index (χ1v) is 13.7. The van der Waals surface area contributed by atoms with Crippen LogP contribution in [0.1, 0.15) is 132 Å². The summed E-state index contributed by atoms with van der Waals surface area (Å²) in [5, 5.41) is 13.9. The lowest BCUT2D eigenvalue weighted by molar-refractivity contribution is -0.123. The first-order valence-electron chi connectivity index (χ1n) is 13.7. The van der Waals surface area contributed by atoms with E-state index in [0.29, 0.717) is 12.8 Å². The normalized spacial score (nSPS) is 23.9. The van der Waals surface area contributed by atoms with Gasteiger partial charge in [-0.25, -0.2) is 0 Å². The molecule has 2 rings (SSSR count). The average Bonchev–Trinajstić information content (AvgIpc) is 2.58. The van der Waals surface area contributed by atoms with E-state index in [2.05, 4.69) is 76.7 Å². The van der Waals surface area contributed by atoms with Crippen LogP contribution in [0.5, 0.6) is 0 Å². The fourth-order valence-corrected chi connectivity index (χ4v) is 6.73. The molecule has 0 aromatic rings. The minimum atomic E-state index is 0.0530. The Labute approximate surface area is 209 Å². The number of amides is 2. The number of carbonyl (C=O) groups excluding carboxylic acids is 2. The second-order valence-corrected chi connectivity index (χ2v) is 13.8. The summed E-state index contributed by atoms with van der Waals surface area (Å²) >= 11 is 0. The zero-order valence-corrected chi connectivity index (χ0v) is 23.5. The van der Waals surface area contributed by atoms with Crippen LogP contribution < -0.4 is 21.3 Å². The minimum Gasteiger partial charge on any atom is -0.353 e. The van der Waals surface area contributed by atoms with Gasteiger partial charge in [0, 0.05) is 47.1 Å². The van der Waals surface area contributed by atoms with Crippen molar-refractivity contribution in [3.05, 3.63) is 0 Å². The third kappa shape index (κ3) is 11.1. The topological polar surface area (TPSA) is 82.3 Å². The van der Waals surface area contributed by atoms with E-state index in [1.165, 1.54) is 0 Å². The van der Waals surface area contributed by atoms with E-state index in [-0.39, 0.29) is 46.1 Å². The maximum atomic E-state index is 12.4. The van der Waals surface area contributed by atoms with Crippen molar-refractivity contribution in [2.75, 3.05) is 0 Å². The Morgan fingerprint density at radius 3 is 1.12 bits per heavy atom. The lowest BCUT2D eigenvalue weighted by Gasteiger charge is -2.46. The van der Waals surface area contributed by atoms with Gasteiger partial charge in [0.15, 0.2) is 0 Å². The molecule has 0 saturated carbocycles. The molecule has 2 aliphatic rings. The second kappa shape index (κ2) is 11.7. The SMILES string of the molecule is CC1(C)CC(NC(=O)CCCCCCCCC(=O)NC2CC(C)(C)NC(C)(C)C2)CC(C)(C)N1. The maximum Gasteiger partial charge on any atom is 0.220 e. The molecule has 34 heavy (non-hydrogen) atoms. The van der Waals surface area contributed by atoms with Gasteiger partial charge in [0.1, 0.15) is 0 Å². The molecule has 0 radical (unpaired) electrons. The van der Waals surface area contributed by atoms with Crippen molar-refractivity contribution >= 4 is 11.8 Å². The van der Waals surface area contributed by atoms with Crippen LogP contribution in [0, 0.1) is 0 Å². The number of hydrogen-bond acceptors (Lipinski definition) is 4. The van der Waals surface area contributed by atoms with Crippen molar-refractivity contribution in [2.24, 2.45) is 0 Å². The summed E-state index contributed by atoms with van der Waals surface area (Å²) in [5.74, 6) is 0.388. The third-order valence-corrected chi connectivity index (χ3v) is 7.17. The Kier molecular flexibility index (Phi) is 10.0. The molecule has 6 nitrogen and oxygen atoms in total. The lowest BCUT2D eigenvalue weighted by Crippen LogP contribution is -2.62. The van der Waals surface area contributed by atoms with Crippen LogP contribution in [0.2, 0.25) is 0 Å². The van der Waals surface area contributed by atoms with Crippen molar-refractivity contribution in [2.45, 2.75) is 167 Å². The van der Waals surface area contributed by atoms with Gasteiger partial charge >= 0.3 is 0 Å². The molecular formula is C28H54N4O2. The van der Waals surface area contributed by atoms with Crippen LogP contribution in [0.15, 0.2) is 0 Å². The fourth-order valence-electron chi connectivity index (χ4n) is 6.73. The van der Waals surface area contributed by atoms with Crippen molar-refractivity contribution < 1.29 is 9.59 Å². The molecule has 0 unspecified atom stereocenters. The quantitative estimate of drug-likeness (QED) is 0.316. The highest BCUT2D eigenvalue weighted by Gasteiger charge is 2.39. The van der Waals surface area contributed by atoms with Crippen LogP contribution >= 0.6 is 0 Å². The monoisotopic (exact) mass is 478 g/mol. The molecule has 2 amide bonds. The number of piperidine rings is 2. The Morgan fingerprint density at radius 2 is 0.824 bits per heavy atom. The summed E-state index contributed by atoms with van der Waals surface area (Å²) in [6, 6.07) is 0.513. The van der Waals surface area contributed by atoms with E-state index in [9.17, 15) is 9.59 Å². The standard InChI is InChI=1S/C28H54N4O2/c1-25(2)17-21(18-26(3,4)31-25)29-23(33)15-13-11-9-10-12-14-16-24(34)30-22-19-27(5,6)32-28(7,8)20-22/h21-22,31-32H,9-20H2,1-8H3,(H,29,33)(H,30,34). The molecule has 0 aliphatic carbocycles. The van der Waals surface area contributed by atoms with Crippen LogP contribution in [0.3, 0.4) is 0 Å². The van der Waals surface area contributed by atoms with E-state index in [1.54, 1.807) is 0 Å². The molecule has 2 fully saturated rings. The summed E-state index contributed by atoms with van der Waals surface area (Å²) in [6.07, 6.45) is 11.5. The van der Waals surface area contributed by atoms with E-state index in [4.69, 9.17) is 0 Å². The zero-order valence-electron chi connectivity index (χ0n) is 23.5. The Morgan fingerprint density at radius 1 is 0.559 bits per heavy atom. The summed E-state index contributed by atoms with van der Waals surface area (Å²) in [6.45, 7) is 17.7. The maximum absolute atomic E-state index is 12.4. The van der Waals surface area contributed by atoms with E-state index in [0.717, 1.165) is 64.2 Å². The molecule has 198 valence electrons. The molecule has 2 saturated heterocycles. The molecule has 0 aromatic carbocycles. The molecule has 4 N–H and O–H groups in total. The van der Waals surface area contributed by atoms with Gasteiger partial charge in [-0.05, 0) is 93.9 Å². The highest BCUT2D eigenvalue weighted by atomic mass is 16.2. The van der Waals surface area contributed by atoms with E-state index < -0.39 is 0 Å². The van der Waals surface area contributed by atoms with Crippen LogP contribution in [-0.4, -0.2) is 46.1 Å². The highest BCUT2D eigenvalue weighted by molar-refractivity contribution is 5.76. The molecule has 0 bridgehead atoms. The average molecular weight is 479 g/mol. The Hall–Kier alpha value is -1.14. The van der Waals surface area contributed by atoms with Gasteiger partial charge in [-0.2, -0.15) is 0 Å². The zero-order chi connectivity index (χ0) is 25.6. The first-order chi connectivity index (χ1) is 15.6. The molecule has 0 atom stereocenters. The van der Waals surface area contributed by atoms with Crippen molar-refractivity contribution in [3.8, 4) is 0 Å². The number of nitrogens with one attached hydrogen (secondary N) is 4. The van der Waals surface area contributed by atoms with E-state index >= 15 is 0 Å². The van der Waals surface area contributed by atoms with Crippen LogP contribution in [-0.2, 0) is 9.59 Å². The van der Waals surface area contributed by atoms with Gasteiger partial charge in [-0.3, -0.25) is 9.59 Å². The third-order valence-electron chi connectivity index (χ3n) is 7.17. The predicted molar refractivity (Wildman–Crippen MR) is 142 cm³/mol. The van der Waals surface area contributed by atoms with Gasteiger partial charge in [0.2, 0.25) is 11.8 Å². The highest BCUT2D eigenvalue weighted by Crippen LogP contribution is 2.29. The lowest BCUT2D eigenvalue weighted by atomic mass is 9.79. The number of hydrogen-bond donors (Lipinski definition) is 4. The molecule has 0 spiro atoms. The first kappa shape index (κ1) is 29.1. The fraction of sp³-hybridized carbons (Fsp3) is 0.929. The molecule has 2 aliphatic heterocycles. The summed E-state index contributed by atoms with van der Waals surface area (Å²) < 4.78 is 0. The van der Waals surface area contributed by atoms with Gasteiger partial charge in [0.05, 0.1) is 0 Å². The van der Waals surface area contributed by atoms with E-state index in [1.807, 2.05) is 0 Å². The molecule has 2 heterocycles. The molecule has 6 heteroatoms. The number of rotatable bonds is 11. The Balaban J connectivity index is 1.51. The van der Waals surface area contributed by atoms with Gasteiger partial charge in [-0.1, -0.05) is 25.7 Å². The summed E-state index contributed by atoms with van der Waals surface area (Å²) in [5.41, 5.74) is 0.212. The summed E-state index contributed by atoms with van der Waals surface area (Å²) in [4.78, 5) is 24.8. The van der Waals surface area contributed by atoms with Crippen molar-refractivity contribution in [1.82, 2.24) is 21.3 Å². The number of unbranched alkanes of at least 4 members (excludes halogenated alkanes) is 5. The van der Waals surface area contributed by atoms with Gasteiger partial charge in [-0.15, -0.1) is 0 Å². The minimum absolute atomic E-state index is 0.0530. The van der Waals surface area contributed by atoms with Gasteiger partial charge < -0.3 is 21.3 Å². The second-order valence-electron chi connectivity index (χ2n) is 13.8. The predicted octanol–water partition coefficient (Wildman–Crippen LogP) is 4.96.